The summed E-state index contributed by atoms with van der Waals surface area (Å²) >= 11 is 0. The van der Waals surface area contributed by atoms with Crippen molar-refractivity contribution >= 4 is 16.6 Å². The molecule has 0 spiro atoms. The number of aromatic nitrogens is 3. The lowest BCUT2D eigenvalue weighted by molar-refractivity contribution is 0.583. The lowest BCUT2D eigenvalue weighted by atomic mass is 9.92. The zero-order chi connectivity index (χ0) is 13.4. The van der Waals surface area contributed by atoms with Gasteiger partial charge >= 0.3 is 0 Å². The Morgan fingerprint density at radius 1 is 1.25 bits per heavy atom. The Labute approximate surface area is 117 Å². The molecule has 4 heteroatoms. The summed E-state index contributed by atoms with van der Waals surface area (Å²) in [5.74, 6) is 0. The van der Waals surface area contributed by atoms with E-state index in [1.807, 2.05) is 18.5 Å². The Hall–Kier alpha value is -2.36. The second kappa shape index (κ2) is 4.63. The number of aromatic amines is 1. The molecule has 0 radical (unpaired) electrons. The number of fused-ring (bicyclic) bond motifs is 2. The van der Waals surface area contributed by atoms with Gasteiger partial charge in [0, 0.05) is 17.3 Å². The summed E-state index contributed by atoms with van der Waals surface area (Å²) in [6.07, 6.45) is 7.21. The van der Waals surface area contributed by atoms with Gasteiger partial charge in [-0.3, -0.25) is 10.1 Å². The molecule has 100 valence electrons. The van der Waals surface area contributed by atoms with Crippen molar-refractivity contribution in [2.24, 2.45) is 0 Å². The molecule has 1 atom stereocenters. The first-order valence-corrected chi connectivity index (χ1v) is 7.03. The summed E-state index contributed by atoms with van der Waals surface area (Å²) in [7, 11) is 0. The molecule has 1 unspecified atom stereocenters. The highest BCUT2D eigenvalue weighted by Gasteiger charge is 2.20. The Bertz CT molecular complexity index is 747. The van der Waals surface area contributed by atoms with E-state index in [0.717, 1.165) is 29.4 Å². The fraction of sp³-hybridized carbons (Fsp3) is 0.250. The average molecular weight is 264 g/mol. The molecule has 0 aliphatic heterocycles. The van der Waals surface area contributed by atoms with Crippen LogP contribution < -0.4 is 5.32 Å². The minimum atomic E-state index is 0.306. The van der Waals surface area contributed by atoms with Crippen molar-refractivity contribution in [3.63, 3.8) is 0 Å². The number of nitrogens with one attached hydrogen (secondary N) is 2. The molecule has 0 amide bonds. The number of hydrogen-bond donors (Lipinski definition) is 2. The number of pyridine rings is 1. The molecule has 2 N–H and O–H groups in total. The molecule has 1 aliphatic rings. The van der Waals surface area contributed by atoms with E-state index in [9.17, 15) is 0 Å². The van der Waals surface area contributed by atoms with Crippen LogP contribution in [0.2, 0.25) is 0 Å². The first-order chi connectivity index (χ1) is 9.90. The molecule has 0 fully saturated rings. The predicted molar refractivity (Wildman–Crippen MR) is 79.6 cm³/mol. The maximum absolute atomic E-state index is 4.57. The molecule has 2 heterocycles. The van der Waals surface area contributed by atoms with Gasteiger partial charge in [-0.2, -0.15) is 5.10 Å². The van der Waals surface area contributed by atoms with Crippen molar-refractivity contribution in [2.45, 2.75) is 25.3 Å². The van der Waals surface area contributed by atoms with E-state index in [1.165, 1.54) is 17.7 Å². The van der Waals surface area contributed by atoms with Crippen molar-refractivity contribution < 1.29 is 0 Å². The normalized spacial score (nSPS) is 17.9. The summed E-state index contributed by atoms with van der Waals surface area (Å²) < 4.78 is 0. The van der Waals surface area contributed by atoms with Crippen LogP contribution in [0, 0.1) is 0 Å². The highest BCUT2D eigenvalue weighted by Crippen LogP contribution is 2.31. The number of rotatable bonds is 2. The molecular weight excluding hydrogens is 248 g/mol. The maximum Gasteiger partial charge on any atom is 0.0688 e. The molecule has 3 aromatic rings. The first kappa shape index (κ1) is 11.5. The molecule has 20 heavy (non-hydrogen) atoms. The molecule has 0 bridgehead atoms. The van der Waals surface area contributed by atoms with E-state index in [4.69, 9.17) is 0 Å². The second-order valence-corrected chi connectivity index (χ2v) is 5.31. The van der Waals surface area contributed by atoms with Gasteiger partial charge < -0.3 is 5.32 Å². The van der Waals surface area contributed by atoms with Gasteiger partial charge in [-0.1, -0.05) is 6.07 Å². The van der Waals surface area contributed by atoms with E-state index >= 15 is 0 Å². The van der Waals surface area contributed by atoms with Crippen LogP contribution in [0.25, 0.3) is 10.9 Å². The number of aryl methyl sites for hydroxylation is 1. The molecule has 1 aromatic carbocycles. The number of H-pyrrole nitrogens is 1. The van der Waals surface area contributed by atoms with Crippen molar-refractivity contribution in [3.8, 4) is 0 Å². The van der Waals surface area contributed by atoms with Gasteiger partial charge in [0.2, 0.25) is 0 Å². The van der Waals surface area contributed by atoms with E-state index in [0.29, 0.717) is 6.04 Å². The van der Waals surface area contributed by atoms with Gasteiger partial charge in [-0.15, -0.1) is 0 Å². The third-order valence-corrected chi connectivity index (χ3v) is 3.98. The average Bonchev–Trinajstić information content (AvgIpc) is 2.95. The topological polar surface area (TPSA) is 53.6 Å². The largest absolute Gasteiger partial charge is 0.377 e. The Morgan fingerprint density at radius 3 is 3.25 bits per heavy atom. The van der Waals surface area contributed by atoms with Gasteiger partial charge in [0.05, 0.1) is 23.4 Å². The number of hydrogen-bond acceptors (Lipinski definition) is 3. The second-order valence-electron chi connectivity index (χ2n) is 5.31. The van der Waals surface area contributed by atoms with Crippen molar-refractivity contribution in [2.75, 3.05) is 5.32 Å². The van der Waals surface area contributed by atoms with Gasteiger partial charge in [0.15, 0.2) is 0 Å². The molecule has 0 saturated carbocycles. The number of nitrogens with zero attached hydrogens (tertiary/aromatic N) is 2. The van der Waals surface area contributed by atoms with Gasteiger partial charge in [-0.25, -0.2) is 0 Å². The van der Waals surface area contributed by atoms with Crippen LogP contribution in [-0.2, 0) is 6.42 Å². The van der Waals surface area contributed by atoms with Crippen LogP contribution >= 0.6 is 0 Å². The molecule has 2 aromatic heterocycles. The monoisotopic (exact) mass is 264 g/mol. The summed E-state index contributed by atoms with van der Waals surface area (Å²) in [6, 6.07) is 10.8. The van der Waals surface area contributed by atoms with E-state index in [-0.39, 0.29) is 0 Å². The van der Waals surface area contributed by atoms with Gasteiger partial charge in [0.1, 0.15) is 0 Å². The fourth-order valence-electron chi connectivity index (χ4n) is 2.98. The minimum absolute atomic E-state index is 0.306. The summed E-state index contributed by atoms with van der Waals surface area (Å²) in [4.78, 5) is 4.57. The molecule has 1 aliphatic carbocycles. The number of benzene rings is 1. The van der Waals surface area contributed by atoms with E-state index < -0.39 is 0 Å². The van der Waals surface area contributed by atoms with Crippen LogP contribution in [0.4, 0.5) is 5.69 Å². The summed E-state index contributed by atoms with van der Waals surface area (Å²) in [6.45, 7) is 0. The van der Waals surface area contributed by atoms with Crippen molar-refractivity contribution in [3.05, 3.63) is 54.0 Å². The summed E-state index contributed by atoms with van der Waals surface area (Å²) in [5.41, 5.74) is 4.75. The number of anilines is 1. The smallest absolute Gasteiger partial charge is 0.0688 e. The standard InChI is InChI=1S/C16H16N4/c1-3-11-4-2-8-17-16(11)14(5-1)19-13-7-6-12-10-18-20-15(12)9-13/h2,4,6-10,14,19H,1,3,5H2,(H,18,20). The van der Waals surface area contributed by atoms with Crippen molar-refractivity contribution in [1.29, 1.82) is 0 Å². The molecule has 4 nitrogen and oxygen atoms in total. The third-order valence-electron chi connectivity index (χ3n) is 3.98. The zero-order valence-corrected chi connectivity index (χ0v) is 11.1. The lowest BCUT2D eigenvalue weighted by Crippen LogP contribution is -2.18. The maximum atomic E-state index is 4.57. The van der Waals surface area contributed by atoms with E-state index in [1.54, 1.807) is 0 Å². The third kappa shape index (κ3) is 1.93. The van der Waals surface area contributed by atoms with Crippen LogP contribution in [0.15, 0.2) is 42.7 Å². The Morgan fingerprint density at radius 2 is 2.25 bits per heavy atom. The first-order valence-electron chi connectivity index (χ1n) is 7.03. The zero-order valence-electron chi connectivity index (χ0n) is 11.1. The Balaban J connectivity index is 1.66. The van der Waals surface area contributed by atoms with Crippen LogP contribution in [0.5, 0.6) is 0 Å². The Kier molecular flexibility index (Phi) is 2.66. The van der Waals surface area contributed by atoms with Crippen LogP contribution in [0.3, 0.4) is 0 Å². The fourth-order valence-corrected chi connectivity index (χ4v) is 2.98. The van der Waals surface area contributed by atoms with Crippen molar-refractivity contribution in [1.82, 2.24) is 15.2 Å². The molecule has 4 rings (SSSR count). The van der Waals surface area contributed by atoms with Crippen LogP contribution in [-0.4, -0.2) is 15.2 Å². The quantitative estimate of drug-likeness (QED) is 0.745. The van der Waals surface area contributed by atoms with Gasteiger partial charge in [0.25, 0.3) is 0 Å². The highest BCUT2D eigenvalue weighted by molar-refractivity contribution is 5.81. The lowest BCUT2D eigenvalue weighted by Gasteiger charge is -2.26. The highest BCUT2D eigenvalue weighted by atomic mass is 15.1. The summed E-state index contributed by atoms with van der Waals surface area (Å²) in [5, 5.41) is 11.8. The van der Waals surface area contributed by atoms with Gasteiger partial charge in [-0.05, 0) is 49.1 Å². The molecular formula is C16H16N4. The molecule has 0 saturated heterocycles. The predicted octanol–water partition coefficient (Wildman–Crippen LogP) is 3.45. The minimum Gasteiger partial charge on any atom is -0.377 e. The van der Waals surface area contributed by atoms with E-state index in [2.05, 4.69) is 44.8 Å². The van der Waals surface area contributed by atoms with Crippen LogP contribution in [0.1, 0.15) is 30.1 Å². The SMILES string of the molecule is c1cnc2c(c1)CCCC2Nc1ccc2cn[nH]c2c1.